The summed E-state index contributed by atoms with van der Waals surface area (Å²) in [5.74, 6) is 0.503. The molecule has 6 heteroatoms. The van der Waals surface area contributed by atoms with Crippen LogP contribution in [0.15, 0.2) is 42.5 Å². The van der Waals surface area contributed by atoms with Gasteiger partial charge in [-0.05, 0) is 69.4 Å². The highest BCUT2D eigenvalue weighted by Crippen LogP contribution is 2.33. The Labute approximate surface area is 190 Å². The average Bonchev–Trinajstić information content (AvgIpc) is 3.22. The summed E-state index contributed by atoms with van der Waals surface area (Å²) in [6.45, 7) is 6.76. The molecule has 0 aliphatic carbocycles. The zero-order chi connectivity index (χ0) is 22.8. The van der Waals surface area contributed by atoms with E-state index in [0.29, 0.717) is 18.2 Å². The highest BCUT2D eigenvalue weighted by atomic mass is 16.2. The smallest absolute Gasteiger partial charge is 0.273 e. The molecule has 6 nitrogen and oxygen atoms in total. The van der Waals surface area contributed by atoms with Gasteiger partial charge in [-0.15, -0.1) is 0 Å². The first-order chi connectivity index (χ1) is 15.3. The summed E-state index contributed by atoms with van der Waals surface area (Å²) in [5.41, 5.74) is 6.96. The molecule has 166 valence electrons. The molecule has 32 heavy (non-hydrogen) atoms. The third-order valence-electron chi connectivity index (χ3n) is 5.84. The Morgan fingerprint density at radius 3 is 2.53 bits per heavy atom. The van der Waals surface area contributed by atoms with Crippen molar-refractivity contribution >= 4 is 11.9 Å². The quantitative estimate of drug-likeness (QED) is 0.600. The maximum atomic E-state index is 13.4. The Morgan fingerprint density at radius 1 is 1.00 bits per heavy atom. The number of amides is 1. The minimum absolute atomic E-state index is 0.0308. The highest BCUT2D eigenvalue weighted by molar-refractivity contribution is 5.93. The van der Waals surface area contributed by atoms with E-state index in [9.17, 15) is 4.79 Å². The van der Waals surface area contributed by atoms with Gasteiger partial charge in [-0.1, -0.05) is 29.8 Å². The number of anilines is 1. The maximum absolute atomic E-state index is 13.4. The lowest BCUT2D eigenvalue weighted by Gasteiger charge is -2.25. The van der Waals surface area contributed by atoms with E-state index in [2.05, 4.69) is 53.3 Å². The summed E-state index contributed by atoms with van der Waals surface area (Å²) in [7, 11) is 3.77. The topological polar surface area (TPSA) is 62.2 Å². The van der Waals surface area contributed by atoms with Gasteiger partial charge in [0.25, 0.3) is 5.91 Å². The first-order valence-electron chi connectivity index (χ1n) is 11.2. The minimum atomic E-state index is -0.0513. The van der Waals surface area contributed by atoms with E-state index < -0.39 is 0 Å². The van der Waals surface area contributed by atoms with E-state index in [1.807, 2.05) is 37.7 Å². The van der Waals surface area contributed by atoms with Crippen molar-refractivity contribution < 1.29 is 4.79 Å². The lowest BCUT2D eigenvalue weighted by atomic mass is 10.0. The number of hydrogen-bond acceptors (Lipinski definition) is 5. The van der Waals surface area contributed by atoms with Crippen LogP contribution >= 0.6 is 0 Å². The molecule has 1 aromatic carbocycles. The number of likely N-dealkylation sites (tertiary alicyclic amines) is 1. The Kier molecular flexibility index (Phi) is 6.21. The maximum Gasteiger partial charge on any atom is 0.273 e. The van der Waals surface area contributed by atoms with Crippen molar-refractivity contribution in [2.75, 3.05) is 25.5 Å². The molecular formula is C26H31N5O. The van der Waals surface area contributed by atoms with Crippen LogP contribution < -0.4 is 4.90 Å². The molecule has 1 fully saturated rings. The van der Waals surface area contributed by atoms with Crippen molar-refractivity contribution in [2.24, 2.45) is 0 Å². The molecule has 1 unspecified atom stereocenters. The molecular weight excluding hydrogens is 398 g/mol. The summed E-state index contributed by atoms with van der Waals surface area (Å²) in [6.07, 6.45) is 2.73. The molecule has 0 radical (unpaired) electrons. The molecule has 4 rings (SSSR count). The van der Waals surface area contributed by atoms with E-state index >= 15 is 0 Å². The summed E-state index contributed by atoms with van der Waals surface area (Å²) in [5, 5.41) is 0. The predicted molar refractivity (Wildman–Crippen MR) is 127 cm³/mol. The Morgan fingerprint density at radius 2 is 1.78 bits per heavy atom. The van der Waals surface area contributed by atoms with E-state index in [1.165, 1.54) is 16.7 Å². The van der Waals surface area contributed by atoms with Crippen LogP contribution in [0.3, 0.4) is 0 Å². The van der Waals surface area contributed by atoms with Gasteiger partial charge in [0.2, 0.25) is 5.95 Å². The van der Waals surface area contributed by atoms with Crippen LogP contribution in [-0.4, -0.2) is 46.4 Å². The molecule has 1 atom stereocenters. The Hall–Kier alpha value is -3.28. The Bertz CT molecular complexity index is 1140. The standard InChI is InChI=1S/C26H31N5O/c1-17-8-6-9-20(12-17)15-21-13-18(2)27-22(16-21)24-10-7-11-31(24)25(32)23-14-19(3)28-26(29-23)30(4)5/h6,8-9,12-14,16,24H,7,10-11,15H2,1-5H3. The van der Waals surface area contributed by atoms with E-state index in [0.717, 1.165) is 36.3 Å². The summed E-state index contributed by atoms with van der Waals surface area (Å²) in [4.78, 5) is 31.0. The highest BCUT2D eigenvalue weighted by Gasteiger charge is 2.33. The van der Waals surface area contributed by atoms with E-state index in [1.54, 1.807) is 6.07 Å². The van der Waals surface area contributed by atoms with E-state index in [-0.39, 0.29) is 11.9 Å². The van der Waals surface area contributed by atoms with E-state index in [4.69, 9.17) is 4.98 Å². The molecule has 2 aromatic heterocycles. The second-order valence-electron chi connectivity index (χ2n) is 8.95. The van der Waals surface area contributed by atoms with Gasteiger partial charge in [0.1, 0.15) is 5.69 Å². The van der Waals surface area contributed by atoms with Crippen LogP contribution in [0.25, 0.3) is 0 Å². The number of carbonyl (C=O) groups excluding carboxylic acids is 1. The zero-order valence-corrected chi connectivity index (χ0v) is 19.6. The average molecular weight is 430 g/mol. The molecule has 3 aromatic rings. The second kappa shape index (κ2) is 9.07. The van der Waals surface area contributed by atoms with Crippen molar-refractivity contribution in [3.63, 3.8) is 0 Å². The predicted octanol–water partition coefficient (Wildman–Crippen LogP) is 4.43. The number of nitrogens with zero attached hydrogens (tertiary/aromatic N) is 5. The van der Waals surface area contributed by atoms with Gasteiger partial charge in [-0.2, -0.15) is 0 Å². The molecule has 0 saturated carbocycles. The van der Waals surface area contributed by atoms with Gasteiger partial charge in [-0.3, -0.25) is 9.78 Å². The number of hydrogen-bond donors (Lipinski definition) is 0. The van der Waals surface area contributed by atoms with Crippen molar-refractivity contribution in [3.05, 3.63) is 81.9 Å². The fraction of sp³-hybridized carbons (Fsp3) is 0.385. The fourth-order valence-electron chi connectivity index (χ4n) is 4.43. The molecule has 0 spiro atoms. The summed E-state index contributed by atoms with van der Waals surface area (Å²) >= 11 is 0. The molecule has 1 saturated heterocycles. The lowest BCUT2D eigenvalue weighted by molar-refractivity contribution is 0.0726. The first-order valence-corrected chi connectivity index (χ1v) is 11.2. The molecule has 1 amide bonds. The summed E-state index contributed by atoms with van der Waals surface area (Å²) in [6, 6.07) is 14.7. The third-order valence-corrected chi connectivity index (χ3v) is 5.84. The van der Waals surface area contributed by atoms with Crippen LogP contribution in [0.4, 0.5) is 5.95 Å². The van der Waals surface area contributed by atoms with Gasteiger partial charge >= 0.3 is 0 Å². The van der Waals surface area contributed by atoms with Gasteiger partial charge in [-0.25, -0.2) is 9.97 Å². The van der Waals surface area contributed by atoms with Crippen LogP contribution in [0.5, 0.6) is 0 Å². The van der Waals surface area contributed by atoms with Crippen LogP contribution in [-0.2, 0) is 6.42 Å². The van der Waals surface area contributed by atoms with Crippen LogP contribution in [0.1, 0.15) is 63.1 Å². The van der Waals surface area contributed by atoms with Crippen molar-refractivity contribution in [3.8, 4) is 0 Å². The van der Waals surface area contributed by atoms with Gasteiger partial charge in [0.15, 0.2) is 0 Å². The number of carbonyl (C=O) groups is 1. The molecule has 3 heterocycles. The number of rotatable bonds is 5. The molecule has 1 aliphatic heterocycles. The number of aromatic nitrogens is 3. The van der Waals surface area contributed by atoms with Crippen molar-refractivity contribution in [2.45, 2.75) is 46.1 Å². The van der Waals surface area contributed by atoms with Crippen molar-refractivity contribution in [1.82, 2.24) is 19.9 Å². The normalized spacial score (nSPS) is 15.8. The van der Waals surface area contributed by atoms with Crippen molar-refractivity contribution in [1.29, 1.82) is 0 Å². The SMILES string of the molecule is Cc1cccc(Cc2cc(C)nc(C3CCCN3C(=O)c3cc(C)nc(N(C)C)n3)c2)c1. The van der Waals surface area contributed by atoms with Gasteiger partial charge < -0.3 is 9.80 Å². The van der Waals surface area contributed by atoms with Crippen LogP contribution in [0, 0.1) is 20.8 Å². The largest absolute Gasteiger partial charge is 0.347 e. The first kappa shape index (κ1) is 21.9. The monoisotopic (exact) mass is 429 g/mol. The minimum Gasteiger partial charge on any atom is -0.347 e. The molecule has 1 aliphatic rings. The number of pyridine rings is 1. The third kappa shape index (κ3) is 4.79. The number of benzene rings is 1. The van der Waals surface area contributed by atoms with Gasteiger partial charge in [0, 0.05) is 32.0 Å². The summed E-state index contributed by atoms with van der Waals surface area (Å²) < 4.78 is 0. The lowest BCUT2D eigenvalue weighted by Crippen LogP contribution is -2.32. The zero-order valence-electron chi connectivity index (χ0n) is 19.6. The molecule has 0 N–H and O–H groups in total. The van der Waals surface area contributed by atoms with Gasteiger partial charge in [0.05, 0.1) is 11.7 Å². The Balaban J connectivity index is 1.62. The van der Waals surface area contributed by atoms with Crippen LogP contribution in [0.2, 0.25) is 0 Å². The molecule has 0 bridgehead atoms. The number of aryl methyl sites for hydroxylation is 3. The fourth-order valence-corrected chi connectivity index (χ4v) is 4.43. The second-order valence-corrected chi connectivity index (χ2v) is 8.95.